The summed E-state index contributed by atoms with van der Waals surface area (Å²) in [5.74, 6) is 0.297. The third kappa shape index (κ3) is 5.26. The van der Waals surface area contributed by atoms with Crippen LogP contribution in [0.1, 0.15) is 35.8 Å². The first kappa shape index (κ1) is 24.2. The second-order valence-corrected chi connectivity index (χ2v) is 9.08. The molecule has 2 aromatic carbocycles. The molecule has 4 nitrogen and oxygen atoms in total. The zero-order valence-corrected chi connectivity index (χ0v) is 19.7. The van der Waals surface area contributed by atoms with Gasteiger partial charge in [-0.3, -0.25) is 4.79 Å². The number of allylic oxidation sites excluding steroid dienone is 2. The summed E-state index contributed by atoms with van der Waals surface area (Å²) in [4.78, 5) is 15.2. The highest BCUT2D eigenvalue weighted by molar-refractivity contribution is 6.32. The van der Waals surface area contributed by atoms with E-state index < -0.39 is 11.9 Å². The summed E-state index contributed by atoms with van der Waals surface area (Å²) in [6.45, 7) is 3.84. The quantitative estimate of drug-likeness (QED) is 0.297. The number of likely N-dealkylation sites (tertiary alicyclic amines) is 1. The van der Waals surface area contributed by atoms with Crippen LogP contribution in [0.4, 0.5) is 13.2 Å². The van der Waals surface area contributed by atoms with Crippen molar-refractivity contribution in [1.29, 1.82) is 0 Å². The van der Waals surface area contributed by atoms with Crippen LogP contribution >= 0.6 is 11.6 Å². The summed E-state index contributed by atoms with van der Waals surface area (Å²) in [7, 11) is 2.09. The Labute approximate surface area is 201 Å². The number of carbonyl (C=O) groups excluding carboxylic acids is 1. The van der Waals surface area contributed by atoms with Gasteiger partial charge in [0.15, 0.2) is 11.5 Å². The average molecular weight is 488 g/mol. The highest BCUT2D eigenvalue weighted by Gasteiger charge is 2.35. The number of hydrogen-bond donors (Lipinski definition) is 0. The Morgan fingerprint density at radius 3 is 2.35 bits per heavy atom. The molecule has 2 heterocycles. The van der Waals surface area contributed by atoms with Crippen molar-refractivity contribution in [3.05, 3.63) is 82.5 Å². The fourth-order valence-corrected chi connectivity index (χ4v) is 4.39. The topological polar surface area (TPSA) is 38.1 Å². The molecule has 34 heavy (non-hydrogen) atoms. The normalized spacial score (nSPS) is 16.1. The molecule has 1 aliphatic rings. The highest BCUT2D eigenvalue weighted by atomic mass is 35.5. The molecule has 4 rings (SSSR count). The smallest absolute Gasteiger partial charge is 0.306 e. The summed E-state index contributed by atoms with van der Waals surface area (Å²) in [6.07, 6.45) is -0.514. The molecule has 178 valence electrons. The van der Waals surface area contributed by atoms with Crippen molar-refractivity contribution in [2.75, 3.05) is 20.1 Å². The lowest BCUT2D eigenvalue weighted by atomic mass is 9.92. The fraction of sp³-hybridized carbons (Fsp3) is 0.308. The van der Waals surface area contributed by atoms with Crippen molar-refractivity contribution in [2.45, 2.75) is 25.9 Å². The van der Waals surface area contributed by atoms with Crippen LogP contribution in [0, 0.1) is 5.92 Å². The number of benzene rings is 2. The molecule has 0 atom stereocenters. The van der Waals surface area contributed by atoms with E-state index in [1.54, 1.807) is 48.5 Å². The van der Waals surface area contributed by atoms with Crippen molar-refractivity contribution < 1.29 is 18.0 Å². The van der Waals surface area contributed by atoms with E-state index in [0.29, 0.717) is 28.3 Å². The molecule has 0 bridgehead atoms. The lowest BCUT2D eigenvalue weighted by molar-refractivity contribution is -0.141. The van der Waals surface area contributed by atoms with Gasteiger partial charge in [0, 0.05) is 11.1 Å². The Morgan fingerprint density at radius 2 is 1.74 bits per heavy atom. The molecule has 0 aliphatic carbocycles. The maximum atomic E-state index is 13.4. The van der Waals surface area contributed by atoms with Crippen LogP contribution in [0.5, 0.6) is 0 Å². The van der Waals surface area contributed by atoms with Gasteiger partial charge < -0.3 is 4.90 Å². The van der Waals surface area contributed by atoms with Crippen molar-refractivity contribution in [3.63, 3.8) is 0 Å². The van der Waals surface area contributed by atoms with Crippen molar-refractivity contribution in [1.82, 2.24) is 14.7 Å². The number of Topliss-reactive ketones (excluding diaryl/α,β-unsaturated/α-hetero) is 1. The predicted molar refractivity (Wildman–Crippen MR) is 127 cm³/mol. The van der Waals surface area contributed by atoms with Gasteiger partial charge >= 0.3 is 6.18 Å². The van der Waals surface area contributed by atoms with Crippen molar-refractivity contribution in [2.24, 2.45) is 5.92 Å². The molecule has 0 amide bonds. The minimum absolute atomic E-state index is 0.0823. The molecular formula is C26H25ClF3N3O. The minimum atomic E-state index is -4.60. The van der Waals surface area contributed by atoms with Crippen LogP contribution in [0.25, 0.3) is 16.9 Å². The van der Waals surface area contributed by atoms with Crippen LogP contribution in [0.15, 0.2) is 66.2 Å². The van der Waals surface area contributed by atoms with E-state index in [4.69, 9.17) is 11.6 Å². The Bertz CT molecular complexity index is 1210. The van der Waals surface area contributed by atoms with Gasteiger partial charge in [0.25, 0.3) is 0 Å². The van der Waals surface area contributed by atoms with Gasteiger partial charge in [0.05, 0.1) is 16.4 Å². The summed E-state index contributed by atoms with van der Waals surface area (Å²) >= 11 is 6.24. The number of aromatic nitrogens is 2. The van der Waals surface area contributed by atoms with Crippen LogP contribution in [-0.4, -0.2) is 40.6 Å². The summed E-state index contributed by atoms with van der Waals surface area (Å²) in [5, 5.41) is 4.05. The Balaban J connectivity index is 1.63. The fourth-order valence-electron chi connectivity index (χ4n) is 4.18. The first-order valence-corrected chi connectivity index (χ1v) is 11.5. The third-order valence-corrected chi connectivity index (χ3v) is 6.45. The number of hydrogen-bond acceptors (Lipinski definition) is 3. The summed E-state index contributed by atoms with van der Waals surface area (Å²) in [6, 6.07) is 14.1. The van der Waals surface area contributed by atoms with Crippen molar-refractivity contribution >= 4 is 17.4 Å². The Morgan fingerprint density at radius 1 is 1.09 bits per heavy atom. The first-order chi connectivity index (χ1) is 16.1. The van der Waals surface area contributed by atoms with Gasteiger partial charge in [0.2, 0.25) is 0 Å². The molecule has 1 fully saturated rings. The SMILES string of the molecule is C/C(=C/C1CCN(C)CC1)C(=O)c1ccc(-c2cc(C(F)(F)F)nn2-c2ccccc2Cl)cc1. The second kappa shape index (κ2) is 9.76. The lowest BCUT2D eigenvalue weighted by Gasteiger charge is -2.27. The lowest BCUT2D eigenvalue weighted by Crippen LogP contribution is -2.29. The van der Waals surface area contributed by atoms with Crippen molar-refractivity contribution in [3.8, 4) is 16.9 Å². The number of ketones is 1. The van der Waals surface area contributed by atoms with E-state index in [1.807, 2.05) is 13.0 Å². The molecule has 1 aliphatic heterocycles. The van der Waals surface area contributed by atoms with Gasteiger partial charge in [-0.2, -0.15) is 18.3 Å². The molecule has 0 N–H and O–H groups in total. The molecule has 8 heteroatoms. The standard InChI is InChI=1S/C26H25ClF3N3O/c1-17(15-18-11-13-32(2)14-12-18)25(34)20-9-7-19(8-10-20)23-16-24(26(28,29)30)31-33(23)22-6-4-3-5-21(22)27/h3-10,15-16,18H,11-14H2,1-2H3/b17-15-. The maximum Gasteiger partial charge on any atom is 0.435 e. The second-order valence-electron chi connectivity index (χ2n) is 8.67. The van der Waals surface area contributed by atoms with E-state index >= 15 is 0 Å². The number of carbonyl (C=O) groups is 1. The minimum Gasteiger partial charge on any atom is -0.306 e. The Kier molecular flexibility index (Phi) is 6.96. The molecule has 0 unspecified atom stereocenters. The van der Waals surface area contributed by atoms with E-state index in [9.17, 15) is 18.0 Å². The van der Waals surface area contributed by atoms with Crippen LogP contribution in [0.2, 0.25) is 5.02 Å². The van der Waals surface area contributed by atoms with Crippen LogP contribution in [0.3, 0.4) is 0 Å². The van der Waals surface area contributed by atoms with E-state index in [1.165, 1.54) is 4.68 Å². The molecular weight excluding hydrogens is 463 g/mol. The first-order valence-electron chi connectivity index (χ1n) is 11.1. The largest absolute Gasteiger partial charge is 0.435 e. The molecule has 0 saturated carbocycles. The maximum absolute atomic E-state index is 13.4. The number of halogens is 4. The number of alkyl halides is 3. The molecule has 3 aromatic rings. The number of para-hydroxylation sites is 1. The van der Waals surface area contributed by atoms with Gasteiger partial charge in [-0.25, -0.2) is 4.68 Å². The molecule has 0 radical (unpaired) electrons. The average Bonchev–Trinajstić information content (AvgIpc) is 3.26. The van der Waals surface area contributed by atoms with Crippen LogP contribution < -0.4 is 0 Å². The van der Waals surface area contributed by atoms with E-state index in [0.717, 1.165) is 32.0 Å². The Hall–Kier alpha value is -2.90. The monoisotopic (exact) mass is 487 g/mol. The zero-order chi connectivity index (χ0) is 24.5. The number of piperidine rings is 1. The van der Waals surface area contributed by atoms with Gasteiger partial charge in [-0.05, 0) is 69.6 Å². The van der Waals surface area contributed by atoms with E-state index in [-0.39, 0.29) is 16.5 Å². The van der Waals surface area contributed by atoms with Gasteiger partial charge in [-0.15, -0.1) is 0 Å². The van der Waals surface area contributed by atoms with Gasteiger partial charge in [0.1, 0.15) is 0 Å². The number of nitrogens with zero attached hydrogens (tertiary/aromatic N) is 3. The van der Waals surface area contributed by atoms with E-state index in [2.05, 4.69) is 17.0 Å². The highest BCUT2D eigenvalue weighted by Crippen LogP contribution is 2.34. The zero-order valence-electron chi connectivity index (χ0n) is 18.9. The summed E-state index contributed by atoms with van der Waals surface area (Å²) < 4.78 is 41.5. The summed E-state index contributed by atoms with van der Waals surface area (Å²) in [5.41, 5.74) is 1.23. The molecule has 1 saturated heterocycles. The molecule has 0 spiro atoms. The third-order valence-electron chi connectivity index (χ3n) is 6.13. The molecule has 1 aromatic heterocycles. The van der Waals surface area contributed by atoms with Gasteiger partial charge in [-0.1, -0.05) is 54.1 Å². The van der Waals surface area contributed by atoms with Crippen LogP contribution in [-0.2, 0) is 6.18 Å². The number of rotatable bonds is 5. The predicted octanol–water partition coefficient (Wildman–Crippen LogP) is 6.68.